The molecule has 3 aromatic rings. The van der Waals surface area contributed by atoms with Crippen molar-refractivity contribution in [2.45, 2.75) is 43.9 Å². The van der Waals surface area contributed by atoms with Crippen molar-refractivity contribution in [3.05, 3.63) is 54.0 Å². The fraction of sp³-hybridized carbons (Fsp3) is 0.350. The van der Waals surface area contributed by atoms with Crippen molar-refractivity contribution in [3.8, 4) is 6.07 Å². The standard InChI is InChI=1S/C20H18N4O2/c21-10-14(17-11-22-15-8-4-5-9-16(15)23-17)19(25)18-12-26-20(24-18)13-6-2-1-3-7-13/h4-5,8-9,11-14H,1-3,6-7H2/t14-/m1/s1. The van der Waals surface area contributed by atoms with E-state index in [0.717, 1.165) is 31.2 Å². The molecule has 130 valence electrons. The normalized spacial score (nSPS) is 16.3. The Morgan fingerprint density at radius 2 is 1.92 bits per heavy atom. The second kappa shape index (κ2) is 7.04. The van der Waals surface area contributed by atoms with E-state index in [4.69, 9.17) is 4.42 Å². The van der Waals surface area contributed by atoms with Crippen LogP contribution in [0.25, 0.3) is 11.0 Å². The third-order valence-electron chi connectivity index (χ3n) is 4.88. The van der Waals surface area contributed by atoms with Gasteiger partial charge >= 0.3 is 0 Å². The topological polar surface area (TPSA) is 92.7 Å². The number of hydrogen-bond donors (Lipinski definition) is 0. The maximum absolute atomic E-state index is 12.8. The lowest BCUT2D eigenvalue weighted by atomic mass is 9.89. The molecule has 1 saturated carbocycles. The van der Waals surface area contributed by atoms with Gasteiger partial charge in [-0.05, 0) is 25.0 Å². The van der Waals surface area contributed by atoms with Crippen LogP contribution in [0.1, 0.15) is 66.0 Å². The van der Waals surface area contributed by atoms with Gasteiger partial charge in [-0.1, -0.05) is 31.4 Å². The molecule has 1 aliphatic rings. The number of Topliss-reactive ketones (excluding diaryl/α,β-unsaturated/α-hetero) is 1. The maximum Gasteiger partial charge on any atom is 0.207 e. The smallest absolute Gasteiger partial charge is 0.207 e. The Kier molecular flexibility index (Phi) is 4.44. The number of ketones is 1. The molecule has 2 heterocycles. The average Bonchev–Trinajstić information content (AvgIpc) is 3.19. The predicted octanol–water partition coefficient (Wildman–Crippen LogP) is 4.16. The molecule has 26 heavy (non-hydrogen) atoms. The largest absolute Gasteiger partial charge is 0.448 e. The van der Waals surface area contributed by atoms with Crippen LogP contribution in [0.2, 0.25) is 0 Å². The zero-order valence-electron chi connectivity index (χ0n) is 14.3. The quantitative estimate of drug-likeness (QED) is 0.659. The van der Waals surface area contributed by atoms with Gasteiger partial charge < -0.3 is 4.42 Å². The van der Waals surface area contributed by atoms with Crippen LogP contribution in [0, 0.1) is 11.3 Å². The predicted molar refractivity (Wildman–Crippen MR) is 94.6 cm³/mol. The van der Waals surface area contributed by atoms with E-state index in [2.05, 4.69) is 15.0 Å². The molecule has 0 amide bonds. The number of carbonyl (C=O) groups excluding carboxylic acids is 1. The first-order valence-electron chi connectivity index (χ1n) is 8.87. The summed E-state index contributed by atoms with van der Waals surface area (Å²) < 4.78 is 5.55. The van der Waals surface area contributed by atoms with Gasteiger partial charge in [-0.15, -0.1) is 0 Å². The van der Waals surface area contributed by atoms with Gasteiger partial charge in [-0.2, -0.15) is 5.26 Å². The highest BCUT2D eigenvalue weighted by molar-refractivity contribution is 6.00. The molecule has 6 heteroatoms. The zero-order valence-corrected chi connectivity index (χ0v) is 14.3. The van der Waals surface area contributed by atoms with E-state index in [1.807, 2.05) is 30.3 Å². The fourth-order valence-electron chi connectivity index (χ4n) is 3.46. The van der Waals surface area contributed by atoms with E-state index < -0.39 is 11.7 Å². The third kappa shape index (κ3) is 3.08. The Labute approximate surface area is 150 Å². The number of para-hydroxylation sites is 2. The van der Waals surface area contributed by atoms with E-state index in [1.165, 1.54) is 18.9 Å². The van der Waals surface area contributed by atoms with E-state index in [1.54, 1.807) is 0 Å². The summed E-state index contributed by atoms with van der Waals surface area (Å²) >= 11 is 0. The molecule has 4 rings (SSSR count). The maximum atomic E-state index is 12.8. The molecule has 0 saturated heterocycles. The summed E-state index contributed by atoms with van der Waals surface area (Å²) in [6, 6.07) is 9.39. The van der Waals surface area contributed by atoms with Crippen LogP contribution in [0.15, 0.2) is 41.1 Å². The first-order chi connectivity index (χ1) is 12.8. The second-order valence-electron chi connectivity index (χ2n) is 6.62. The number of oxazole rings is 1. The number of carbonyl (C=O) groups is 1. The Balaban J connectivity index is 1.60. The minimum absolute atomic E-state index is 0.187. The zero-order chi connectivity index (χ0) is 17.9. The molecule has 0 spiro atoms. The number of aromatic nitrogens is 3. The van der Waals surface area contributed by atoms with Crippen LogP contribution in [0.4, 0.5) is 0 Å². The molecule has 6 nitrogen and oxygen atoms in total. The molecular weight excluding hydrogens is 328 g/mol. The number of hydrogen-bond acceptors (Lipinski definition) is 6. The highest BCUT2D eigenvalue weighted by Gasteiger charge is 2.28. The molecule has 1 atom stereocenters. The Morgan fingerprint density at radius 3 is 2.69 bits per heavy atom. The van der Waals surface area contributed by atoms with Crippen LogP contribution in [0.5, 0.6) is 0 Å². The monoisotopic (exact) mass is 346 g/mol. The summed E-state index contributed by atoms with van der Waals surface area (Å²) in [6.07, 6.45) is 8.47. The first-order valence-corrected chi connectivity index (χ1v) is 8.87. The van der Waals surface area contributed by atoms with Crippen LogP contribution < -0.4 is 0 Å². The van der Waals surface area contributed by atoms with E-state index in [9.17, 15) is 10.1 Å². The van der Waals surface area contributed by atoms with E-state index in [0.29, 0.717) is 17.1 Å². The lowest BCUT2D eigenvalue weighted by molar-refractivity contribution is 0.0972. The summed E-state index contributed by atoms with van der Waals surface area (Å²) in [5.41, 5.74) is 1.90. The van der Waals surface area contributed by atoms with Crippen molar-refractivity contribution in [2.24, 2.45) is 0 Å². The van der Waals surface area contributed by atoms with Crippen LogP contribution >= 0.6 is 0 Å². The van der Waals surface area contributed by atoms with Gasteiger partial charge in [0.1, 0.15) is 12.0 Å². The summed E-state index contributed by atoms with van der Waals surface area (Å²) in [5, 5.41) is 9.54. The molecule has 0 N–H and O–H groups in total. The molecule has 1 aliphatic carbocycles. The third-order valence-corrected chi connectivity index (χ3v) is 4.88. The Hall–Kier alpha value is -3.07. The summed E-state index contributed by atoms with van der Waals surface area (Å²) in [5.74, 6) is -0.570. The first kappa shape index (κ1) is 16.4. The lowest BCUT2D eigenvalue weighted by Crippen LogP contribution is -2.14. The molecular formula is C20H18N4O2. The molecule has 0 radical (unpaired) electrons. The molecule has 0 unspecified atom stereocenters. The van der Waals surface area contributed by atoms with Gasteiger partial charge in [0.05, 0.1) is 29.0 Å². The Morgan fingerprint density at radius 1 is 1.15 bits per heavy atom. The number of rotatable bonds is 4. The Bertz CT molecular complexity index is 983. The molecule has 2 aromatic heterocycles. The van der Waals surface area contributed by atoms with Gasteiger partial charge in [0.15, 0.2) is 11.8 Å². The highest BCUT2D eigenvalue weighted by atomic mass is 16.3. The van der Waals surface area contributed by atoms with E-state index in [-0.39, 0.29) is 11.6 Å². The SMILES string of the molecule is N#C[C@@H](C(=O)c1coc(C2CCCCC2)n1)c1cnc2ccccc2n1. The van der Waals surface area contributed by atoms with Crippen LogP contribution in [-0.2, 0) is 0 Å². The van der Waals surface area contributed by atoms with Gasteiger partial charge in [0.2, 0.25) is 5.78 Å². The van der Waals surface area contributed by atoms with Crippen molar-refractivity contribution >= 4 is 16.8 Å². The summed E-state index contributed by atoms with van der Waals surface area (Å²) in [6.45, 7) is 0. The van der Waals surface area contributed by atoms with Crippen molar-refractivity contribution in [2.75, 3.05) is 0 Å². The van der Waals surface area contributed by atoms with Crippen molar-refractivity contribution in [1.29, 1.82) is 5.26 Å². The number of nitriles is 1. The minimum Gasteiger partial charge on any atom is -0.448 e. The van der Waals surface area contributed by atoms with Crippen molar-refractivity contribution in [1.82, 2.24) is 15.0 Å². The highest BCUT2D eigenvalue weighted by Crippen LogP contribution is 2.32. The molecule has 1 fully saturated rings. The average molecular weight is 346 g/mol. The van der Waals surface area contributed by atoms with E-state index >= 15 is 0 Å². The van der Waals surface area contributed by atoms with Gasteiger partial charge in [0.25, 0.3) is 0 Å². The second-order valence-corrected chi connectivity index (χ2v) is 6.62. The number of benzene rings is 1. The molecule has 0 aliphatic heterocycles. The van der Waals surface area contributed by atoms with Gasteiger partial charge in [-0.3, -0.25) is 9.78 Å². The number of nitrogens with zero attached hydrogens (tertiary/aromatic N) is 4. The van der Waals surface area contributed by atoms with Crippen molar-refractivity contribution < 1.29 is 9.21 Å². The lowest BCUT2D eigenvalue weighted by Gasteiger charge is -2.17. The summed E-state index contributed by atoms with van der Waals surface area (Å²) in [7, 11) is 0. The minimum atomic E-state index is -1.04. The fourth-order valence-corrected chi connectivity index (χ4v) is 3.46. The van der Waals surface area contributed by atoms with Crippen molar-refractivity contribution in [3.63, 3.8) is 0 Å². The molecule has 1 aromatic carbocycles. The van der Waals surface area contributed by atoms with Gasteiger partial charge in [0, 0.05) is 5.92 Å². The summed E-state index contributed by atoms with van der Waals surface area (Å²) in [4.78, 5) is 25.9. The molecule has 0 bridgehead atoms. The van der Waals surface area contributed by atoms with Crippen LogP contribution in [0.3, 0.4) is 0 Å². The van der Waals surface area contributed by atoms with Gasteiger partial charge in [-0.25, -0.2) is 9.97 Å². The van der Waals surface area contributed by atoms with Crippen LogP contribution in [-0.4, -0.2) is 20.7 Å². The number of fused-ring (bicyclic) bond motifs is 1.